The molecule has 6 atom stereocenters. The summed E-state index contributed by atoms with van der Waals surface area (Å²) in [4.78, 5) is 11.2. The molecule has 0 saturated heterocycles. The quantitative estimate of drug-likeness (QED) is 0.481. The third kappa shape index (κ3) is 4.25. The number of hydrogen-bond donors (Lipinski definition) is 2. The van der Waals surface area contributed by atoms with Crippen molar-refractivity contribution in [3.8, 4) is 0 Å². The van der Waals surface area contributed by atoms with Crippen molar-refractivity contribution in [1.82, 2.24) is 0 Å². The van der Waals surface area contributed by atoms with E-state index in [-0.39, 0.29) is 11.0 Å². The van der Waals surface area contributed by atoms with Gasteiger partial charge in [-0.15, -0.1) is 0 Å². The zero-order chi connectivity index (χ0) is 21.4. The summed E-state index contributed by atoms with van der Waals surface area (Å²) in [5.41, 5.74) is 3.55. The minimum Gasteiger partial charge on any atom is -0.429 e. The number of carbonyl (C=O) groups excluding carboxylic acids is 1. The van der Waals surface area contributed by atoms with Gasteiger partial charge >= 0.3 is 5.97 Å². The lowest BCUT2D eigenvalue weighted by molar-refractivity contribution is -0.151. The lowest BCUT2D eigenvalue weighted by Gasteiger charge is -2.59. The highest BCUT2D eigenvalue weighted by molar-refractivity contribution is 5.85. The van der Waals surface area contributed by atoms with Crippen LogP contribution in [0.1, 0.15) is 79.1 Å². The minimum atomic E-state index is -1.31. The maximum absolute atomic E-state index is 11.2. The molecule has 0 bridgehead atoms. The first-order valence-electron chi connectivity index (χ1n) is 11.2. The Kier molecular flexibility index (Phi) is 6.45. The van der Waals surface area contributed by atoms with Crippen molar-refractivity contribution in [3.63, 3.8) is 0 Å². The van der Waals surface area contributed by atoms with E-state index in [9.17, 15) is 15.0 Å². The third-order valence-electron chi connectivity index (χ3n) is 8.50. The van der Waals surface area contributed by atoms with E-state index >= 15 is 0 Å². The monoisotopic (exact) mass is 402 g/mol. The predicted molar refractivity (Wildman–Crippen MR) is 115 cm³/mol. The average molecular weight is 403 g/mol. The molecule has 0 spiro atoms. The molecule has 2 saturated carbocycles. The third-order valence-corrected chi connectivity index (χ3v) is 8.50. The zero-order valence-corrected chi connectivity index (χ0v) is 18.5. The van der Waals surface area contributed by atoms with Gasteiger partial charge in [-0.25, -0.2) is 4.79 Å². The molecule has 2 unspecified atom stereocenters. The van der Waals surface area contributed by atoms with Crippen LogP contribution in [0.2, 0.25) is 0 Å². The molecule has 0 aromatic rings. The second kappa shape index (κ2) is 8.39. The van der Waals surface area contributed by atoms with Crippen molar-refractivity contribution in [2.45, 2.75) is 91.5 Å². The highest BCUT2D eigenvalue weighted by Gasteiger charge is 2.53. The SMILES string of the molecule is C=C1CCCC2[C@@]1(C)CC[C@@H](C)[C@]2(C)CC/C(C)=C/C[C@@H](O)C1=CC(=O)OC1O. The van der Waals surface area contributed by atoms with Crippen LogP contribution in [-0.4, -0.2) is 28.6 Å². The number of esters is 1. The van der Waals surface area contributed by atoms with Crippen LogP contribution in [0, 0.1) is 22.7 Å². The van der Waals surface area contributed by atoms with Crippen molar-refractivity contribution in [1.29, 1.82) is 0 Å². The van der Waals surface area contributed by atoms with Gasteiger partial charge in [-0.3, -0.25) is 0 Å². The van der Waals surface area contributed by atoms with Gasteiger partial charge in [0.05, 0.1) is 6.10 Å². The normalized spacial score (nSPS) is 39.0. The number of allylic oxidation sites excluding steroid dienone is 2. The summed E-state index contributed by atoms with van der Waals surface area (Å²) < 4.78 is 4.66. The molecule has 162 valence electrons. The number of rotatable bonds is 6. The van der Waals surface area contributed by atoms with Gasteiger partial charge in [-0.2, -0.15) is 0 Å². The molecule has 1 aliphatic heterocycles. The van der Waals surface area contributed by atoms with E-state index < -0.39 is 18.4 Å². The molecule has 2 aliphatic carbocycles. The van der Waals surface area contributed by atoms with Crippen molar-refractivity contribution in [2.75, 3.05) is 0 Å². The first kappa shape index (κ1) is 22.3. The van der Waals surface area contributed by atoms with Gasteiger partial charge in [0.2, 0.25) is 6.29 Å². The molecule has 0 aromatic carbocycles. The van der Waals surface area contributed by atoms with E-state index in [0.29, 0.717) is 23.7 Å². The second-order valence-corrected chi connectivity index (χ2v) is 10.1. The smallest absolute Gasteiger partial charge is 0.333 e. The van der Waals surface area contributed by atoms with Gasteiger partial charge in [0.15, 0.2) is 0 Å². The Morgan fingerprint density at radius 2 is 2.14 bits per heavy atom. The highest BCUT2D eigenvalue weighted by Crippen LogP contribution is 2.62. The van der Waals surface area contributed by atoms with E-state index in [1.807, 2.05) is 6.08 Å². The Morgan fingerprint density at radius 1 is 1.41 bits per heavy atom. The number of hydrogen-bond acceptors (Lipinski definition) is 4. The van der Waals surface area contributed by atoms with Crippen LogP contribution >= 0.6 is 0 Å². The van der Waals surface area contributed by atoms with E-state index in [4.69, 9.17) is 0 Å². The molecular formula is C25H38O4. The second-order valence-electron chi connectivity index (χ2n) is 10.1. The summed E-state index contributed by atoms with van der Waals surface area (Å²) in [6, 6.07) is 0. The molecule has 4 nitrogen and oxygen atoms in total. The standard InChI is InChI=1S/C25H38O4/c1-16(9-10-20(26)19-15-22(27)29-23(19)28)11-13-24(4)18(3)12-14-25(5)17(2)7-6-8-21(24)25/h9,15,18,20-21,23,26,28H,2,6-8,10-14H2,1,3-5H3/b16-9+/t18-,20-,21?,23?,24+,25+/m1/s1. The van der Waals surface area contributed by atoms with Gasteiger partial charge in [-0.1, -0.05) is 44.6 Å². The predicted octanol–water partition coefficient (Wildman–Crippen LogP) is 5.06. The molecule has 2 fully saturated rings. The summed E-state index contributed by atoms with van der Waals surface area (Å²) in [6.45, 7) is 13.9. The van der Waals surface area contributed by atoms with Crippen LogP contribution < -0.4 is 0 Å². The van der Waals surface area contributed by atoms with Gasteiger partial charge < -0.3 is 14.9 Å². The van der Waals surface area contributed by atoms with E-state index in [1.54, 1.807) is 0 Å². The van der Waals surface area contributed by atoms with Gasteiger partial charge in [0, 0.05) is 11.6 Å². The van der Waals surface area contributed by atoms with Gasteiger partial charge in [0.1, 0.15) is 0 Å². The Labute approximate surface area is 175 Å². The van der Waals surface area contributed by atoms with Crippen molar-refractivity contribution in [3.05, 3.63) is 35.5 Å². The lowest BCUT2D eigenvalue weighted by atomic mass is 9.46. The minimum absolute atomic E-state index is 0.253. The first-order chi connectivity index (χ1) is 13.6. The van der Waals surface area contributed by atoms with Crippen molar-refractivity contribution in [2.24, 2.45) is 22.7 Å². The molecule has 0 radical (unpaired) electrons. The molecule has 1 heterocycles. The number of carbonyl (C=O) groups is 1. The summed E-state index contributed by atoms with van der Waals surface area (Å²) in [5, 5.41) is 20.0. The van der Waals surface area contributed by atoms with Gasteiger partial charge in [-0.05, 0) is 81.0 Å². The molecule has 0 aromatic heterocycles. The molecule has 3 rings (SSSR count). The largest absolute Gasteiger partial charge is 0.429 e. The topological polar surface area (TPSA) is 66.8 Å². The zero-order valence-electron chi connectivity index (χ0n) is 18.5. The van der Waals surface area contributed by atoms with Crippen LogP contribution in [0.5, 0.6) is 0 Å². The molecule has 4 heteroatoms. The summed E-state index contributed by atoms with van der Waals surface area (Å²) in [7, 11) is 0. The van der Waals surface area contributed by atoms with Gasteiger partial charge in [0.25, 0.3) is 0 Å². The fourth-order valence-corrected chi connectivity index (χ4v) is 6.09. The fourth-order valence-electron chi connectivity index (χ4n) is 6.09. The van der Waals surface area contributed by atoms with E-state index in [0.717, 1.165) is 12.8 Å². The number of fused-ring (bicyclic) bond motifs is 1. The van der Waals surface area contributed by atoms with Crippen molar-refractivity contribution >= 4 is 5.97 Å². The number of cyclic esters (lactones) is 1. The van der Waals surface area contributed by atoms with E-state index in [2.05, 4.69) is 39.0 Å². The van der Waals surface area contributed by atoms with Crippen molar-refractivity contribution < 1.29 is 19.7 Å². The van der Waals surface area contributed by atoms with Crippen LogP contribution in [0.4, 0.5) is 0 Å². The van der Waals surface area contributed by atoms with Crippen LogP contribution in [0.15, 0.2) is 35.5 Å². The maximum atomic E-state index is 11.2. The summed E-state index contributed by atoms with van der Waals surface area (Å²) in [6.07, 6.45) is 9.85. The first-order valence-corrected chi connectivity index (χ1v) is 11.2. The molecule has 3 aliphatic rings. The highest BCUT2D eigenvalue weighted by atomic mass is 16.6. The Morgan fingerprint density at radius 3 is 2.79 bits per heavy atom. The number of aliphatic hydroxyl groups excluding tert-OH is 2. The molecular weight excluding hydrogens is 364 g/mol. The summed E-state index contributed by atoms with van der Waals surface area (Å²) in [5.74, 6) is 0.802. The lowest BCUT2D eigenvalue weighted by Crippen LogP contribution is -2.50. The fraction of sp³-hybridized carbons (Fsp3) is 0.720. The van der Waals surface area contributed by atoms with Crippen LogP contribution in [0.3, 0.4) is 0 Å². The number of ether oxygens (including phenoxy) is 1. The maximum Gasteiger partial charge on any atom is 0.333 e. The van der Waals surface area contributed by atoms with Crippen LogP contribution in [0.25, 0.3) is 0 Å². The Hall–Kier alpha value is -1.39. The number of aliphatic hydroxyl groups is 2. The average Bonchev–Trinajstić information content (AvgIpc) is 3.01. The van der Waals surface area contributed by atoms with E-state index in [1.165, 1.54) is 49.3 Å². The Balaban J connectivity index is 1.64. The molecule has 0 amide bonds. The molecule has 2 N–H and O–H groups in total. The summed E-state index contributed by atoms with van der Waals surface area (Å²) >= 11 is 0. The molecule has 29 heavy (non-hydrogen) atoms. The Bertz CT molecular complexity index is 720. The van der Waals surface area contributed by atoms with Crippen LogP contribution in [-0.2, 0) is 9.53 Å².